The van der Waals surface area contributed by atoms with Crippen LogP contribution in [0.2, 0.25) is 10.2 Å². The second kappa shape index (κ2) is 9.02. The Hall–Kier alpha value is -3.74. The van der Waals surface area contributed by atoms with Crippen molar-refractivity contribution >= 4 is 57.2 Å². The molecule has 5 rings (SSSR count). The van der Waals surface area contributed by atoms with Gasteiger partial charge in [0.05, 0.1) is 30.1 Å². The van der Waals surface area contributed by atoms with E-state index in [1.165, 1.54) is 0 Å². The summed E-state index contributed by atoms with van der Waals surface area (Å²) < 4.78 is 5.29. The number of benzene rings is 3. The fourth-order valence-corrected chi connectivity index (χ4v) is 3.86. The molecule has 162 valence electrons. The van der Waals surface area contributed by atoms with Crippen molar-refractivity contribution in [1.29, 1.82) is 0 Å². The molecule has 0 radical (unpaired) electrons. The molecule has 6 nitrogen and oxygen atoms in total. The van der Waals surface area contributed by atoms with Gasteiger partial charge >= 0.3 is 0 Å². The van der Waals surface area contributed by atoms with Gasteiger partial charge in [-0.1, -0.05) is 53.5 Å². The highest BCUT2D eigenvalue weighted by Crippen LogP contribution is 2.29. The number of pyridine rings is 1. The number of nitrogens with one attached hydrogen (secondary N) is 1. The van der Waals surface area contributed by atoms with Gasteiger partial charge in [0.15, 0.2) is 0 Å². The van der Waals surface area contributed by atoms with E-state index in [-0.39, 0.29) is 0 Å². The van der Waals surface area contributed by atoms with Gasteiger partial charge in [-0.25, -0.2) is 20.4 Å². The largest absolute Gasteiger partial charge is 0.497 e. The lowest BCUT2D eigenvalue weighted by Gasteiger charge is -2.09. The number of halogens is 2. The summed E-state index contributed by atoms with van der Waals surface area (Å²) in [4.78, 5) is 13.7. The van der Waals surface area contributed by atoms with Gasteiger partial charge in [0.2, 0.25) is 5.95 Å². The summed E-state index contributed by atoms with van der Waals surface area (Å²) in [7, 11) is 1.62. The normalized spacial score (nSPS) is 11.4. The maximum absolute atomic E-state index is 6.35. The Morgan fingerprint density at radius 1 is 0.879 bits per heavy atom. The van der Waals surface area contributed by atoms with Gasteiger partial charge < -0.3 is 4.74 Å². The van der Waals surface area contributed by atoms with Crippen molar-refractivity contribution in [3.05, 3.63) is 88.5 Å². The van der Waals surface area contributed by atoms with Gasteiger partial charge in [-0.2, -0.15) is 5.10 Å². The van der Waals surface area contributed by atoms with Crippen LogP contribution in [0.3, 0.4) is 0 Å². The van der Waals surface area contributed by atoms with Crippen molar-refractivity contribution in [3.8, 4) is 17.0 Å². The van der Waals surface area contributed by atoms with Crippen LogP contribution in [0.25, 0.3) is 33.1 Å². The molecule has 2 aromatic heterocycles. The lowest BCUT2D eigenvalue weighted by atomic mass is 10.1. The summed E-state index contributed by atoms with van der Waals surface area (Å²) in [6.45, 7) is 0. The van der Waals surface area contributed by atoms with E-state index in [0.29, 0.717) is 21.7 Å². The molecule has 0 aliphatic rings. The zero-order chi connectivity index (χ0) is 22.8. The van der Waals surface area contributed by atoms with Crippen molar-refractivity contribution in [2.45, 2.75) is 0 Å². The van der Waals surface area contributed by atoms with E-state index < -0.39 is 0 Å². The molecule has 0 aliphatic heterocycles. The zero-order valence-electron chi connectivity index (χ0n) is 17.5. The SMILES string of the molecule is COc1ccc2nc(Cl)c(C=NNc3nc(-c4ccccc4)c4cc(Cl)ccc4n3)cc2c1. The van der Waals surface area contributed by atoms with Crippen LogP contribution in [0.4, 0.5) is 5.95 Å². The highest BCUT2D eigenvalue weighted by molar-refractivity contribution is 6.32. The van der Waals surface area contributed by atoms with Gasteiger partial charge in [0.25, 0.3) is 0 Å². The van der Waals surface area contributed by atoms with Crippen LogP contribution in [-0.4, -0.2) is 28.3 Å². The number of nitrogens with zero attached hydrogens (tertiary/aromatic N) is 4. The summed E-state index contributed by atoms with van der Waals surface area (Å²) in [5.41, 5.74) is 6.81. The number of hydrogen-bond donors (Lipinski definition) is 1. The first kappa shape index (κ1) is 21.1. The highest BCUT2D eigenvalue weighted by atomic mass is 35.5. The smallest absolute Gasteiger partial charge is 0.244 e. The Balaban J connectivity index is 1.50. The molecule has 0 aliphatic carbocycles. The molecule has 3 aromatic carbocycles. The predicted molar refractivity (Wildman–Crippen MR) is 135 cm³/mol. The average Bonchev–Trinajstić information content (AvgIpc) is 2.84. The van der Waals surface area contributed by atoms with Crippen molar-refractivity contribution in [2.75, 3.05) is 12.5 Å². The Bertz CT molecular complexity index is 1510. The van der Waals surface area contributed by atoms with Crippen LogP contribution >= 0.6 is 23.2 Å². The number of hydrazone groups is 1. The maximum atomic E-state index is 6.35. The minimum absolute atomic E-state index is 0.345. The second-order valence-corrected chi connectivity index (χ2v) is 8.01. The van der Waals surface area contributed by atoms with E-state index in [9.17, 15) is 0 Å². The first-order chi connectivity index (χ1) is 16.1. The molecular weight excluding hydrogens is 457 g/mol. The summed E-state index contributed by atoms with van der Waals surface area (Å²) in [5, 5.41) is 7.02. The standard InChI is InChI=1S/C25H17Cl2N5O/c1-33-19-8-10-21-16(12-19)11-17(24(27)29-21)14-28-32-25-30-22-9-7-18(26)13-20(22)23(31-25)15-5-3-2-4-6-15/h2-14H,1H3,(H,30,31,32). The monoisotopic (exact) mass is 473 g/mol. The Kier molecular flexibility index (Phi) is 5.77. The lowest BCUT2D eigenvalue weighted by Crippen LogP contribution is -2.00. The van der Waals surface area contributed by atoms with Gasteiger partial charge in [-0.15, -0.1) is 0 Å². The molecule has 0 unspecified atom stereocenters. The minimum Gasteiger partial charge on any atom is -0.497 e. The molecule has 5 aromatic rings. The fraction of sp³-hybridized carbons (Fsp3) is 0.0400. The molecule has 0 saturated carbocycles. The molecule has 2 heterocycles. The number of fused-ring (bicyclic) bond motifs is 2. The molecule has 0 saturated heterocycles. The summed E-state index contributed by atoms with van der Waals surface area (Å²) in [6, 6.07) is 22.9. The van der Waals surface area contributed by atoms with Crippen LogP contribution in [0, 0.1) is 0 Å². The Morgan fingerprint density at radius 2 is 1.70 bits per heavy atom. The third kappa shape index (κ3) is 4.44. The topological polar surface area (TPSA) is 72.3 Å². The van der Waals surface area contributed by atoms with Crippen LogP contribution in [0.15, 0.2) is 77.9 Å². The zero-order valence-corrected chi connectivity index (χ0v) is 19.0. The summed E-state index contributed by atoms with van der Waals surface area (Å²) in [5.74, 6) is 1.09. The van der Waals surface area contributed by atoms with E-state index in [1.54, 1.807) is 19.4 Å². The first-order valence-electron chi connectivity index (χ1n) is 10.1. The molecule has 0 amide bonds. The number of methoxy groups -OCH3 is 1. The number of hydrogen-bond acceptors (Lipinski definition) is 6. The van der Waals surface area contributed by atoms with Gasteiger partial charge in [0.1, 0.15) is 10.9 Å². The van der Waals surface area contributed by atoms with E-state index in [2.05, 4.69) is 25.5 Å². The van der Waals surface area contributed by atoms with Crippen LogP contribution < -0.4 is 10.2 Å². The van der Waals surface area contributed by atoms with E-state index in [4.69, 9.17) is 27.9 Å². The van der Waals surface area contributed by atoms with Crippen molar-refractivity contribution in [3.63, 3.8) is 0 Å². The van der Waals surface area contributed by atoms with Crippen LogP contribution in [-0.2, 0) is 0 Å². The molecule has 0 fully saturated rings. The van der Waals surface area contributed by atoms with Crippen molar-refractivity contribution < 1.29 is 4.74 Å². The average molecular weight is 474 g/mol. The van der Waals surface area contributed by atoms with Gasteiger partial charge in [0, 0.05) is 26.9 Å². The van der Waals surface area contributed by atoms with E-state index in [0.717, 1.165) is 38.8 Å². The quantitative estimate of drug-likeness (QED) is 0.176. The van der Waals surface area contributed by atoms with Gasteiger partial charge in [-0.05, 0) is 42.5 Å². The second-order valence-electron chi connectivity index (χ2n) is 7.22. The summed E-state index contributed by atoms with van der Waals surface area (Å²) >= 11 is 12.6. The molecule has 33 heavy (non-hydrogen) atoms. The molecule has 8 heteroatoms. The third-order valence-corrected chi connectivity index (χ3v) is 5.61. The molecular formula is C25H17Cl2N5O. The first-order valence-corrected chi connectivity index (χ1v) is 10.8. The number of ether oxygens (including phenoxy) is 1. The van der Waals surface area contributed by atoms with Crippen molar-refractivity contribution in [2.24, 2.45) is 5.10 Å². The number of rotatable bonds is 5. The number of anilines is 1. The van der Waals surface area contributed by atoms with Crippen LogP contribution in [0.5, 0.6) is 5.75 Å². The Labute approximate surface area is 199 Å². The van der Waals surface area contributed by atoms with E-state index in [1.807, 2.05) is 66.7 Å². The minimum atomic E-state index is 0.345. The van der Waals surface area contributed by atoms with Crippen LogP contribution in [0.1, 0.15) is 5.56 Å². The highest BCUT2D eigenvalue weighted by Gasteiger charge is 2.10. The molecule has 0 spiro atoms. The molecule has 0 atom stereocenters. The Morgan fingerprint density at radius 3 is 2.52 bits per heavy atom. The molecule has 1 N–H and O–H groups in total. The predicted octanol–water partition coefficient (Wildman–Crippen LogP) is 6.61. The maximum Gasteiger partial charge on any atom is 0.244 e. The fourth-order valence-electron chi connectivity index (χ4n) is 3.49. The van der Waals surface area contributed by atoms with Crippen molar-refractivity contribution in [1.82, 2.24) is 15.0 Å². The molecule has 0 bridgehead atoms. The number of aromatic nitrogens is 3. The van der Waals surface area contributed by atoms with Gasteiger partial charge in [-0.3, -0.25) is 0 Å². The summed E-state index contributed by atoms with van der Waals surface area (Å²) in [6.07, 6.45) is 1.59. The third-order valence-electron chi connectivity index (χ3n) is 5.08. The lowest BCUT2D eigenvalue weighted by molar-refractivity contribution is 0.415. The van der Waals surface area contributed by atoms with E-state index >= 15 is 0 Å².